The van der Waals surface area contributed by atoms with Gasteiger partial charge in [0.15, 0.2) is 5.13 Å². The molecule has 0 aliphatic rings. The van der Waals surface area contributed by atoms with E-state index in [1.54, 1.807) is 0 Å². The lowest BCUT2D eigenvalue weighted by Gasteiger charge is -2.07. The van der Waals surface area contributed by atoms with Crippen LogP contribution in [0, 0.1) is 0 Å². The lowest BCUT2D eigenvalue weighted by atomic mass is 10.2. The summed E-state index contributed by atoms with van der Waals surface area (Å²) in [6.45, 7) is 2.57. The zero-order valence-electron chi connectivity index (χ0n) is 14.9. The highest BCUT2D eigenvalue weighted by Crippen LogP contribution is 2.30. The highest BCUT2D eigenvalue weighted by atomic mass is 79.9. The standard InChI is InChI=1S/C20H20BrClN2O2S/c1-2-3-4-16(21)19(25)24-20-23-17-10-9-15(11-18(17)27-20)26-12-13-5-7-14(22)8-6-13/h5-11,16H,2-4,12H2,1H3,(H,23,24,25). The van der Waals surface area contributed by atoms with Gasteiger partial charge in [0, 0.05) is 5.02 Å². The number of nitrogens with zero attached hydrogens (tertiary/aromatic N) is 1. The van der Waals surface area contributed by atoms with Crippen molar-refractivity contribution in [3.8, 4) is 5.75 Å². The fourth-order valence-electron chi connectivity index (χ4n) is 2.49. The van der Waals surface area contributed by atoms with Crippen LogP contribution in [0.5, 0.6) is 5.75 Å². The average molecular weight is 468 g/mol. The Hall–Kier alpha value is -1.63. The van der Waals surface area contributed by atoms with E-state index in [2.05, 4.69) is 33.2 Å². The van der Waals surface area contributed by atoms with Gasteiger partial charge in [-0.05, 0) is 42.3 Å². The molecule has 0 spiro atoms. The van der Waals surface area contributed by atoms with E-state index in [0.717, 1.165) is 40.8 Å². The molecule has 3 rings (SSSR count). The van der Waals surface area contributed by atoms with Gasteiger partial charge in [-0.3, -0.25) is 4.79 Å². The molecule has 142 valence electrons. The molecule has 1 unspecified atom stereocenters. The zero-order valence-corrected chi connectivity index (χ0v) is 18.0. The Morgan fingerprint density at radius 3 is 2.81 bits per heavy atom. The van der Waals surface area contributed by atoms with Crippen molar-refractivity contribution >= 4 is 60.1 Å². The predicted octanol–water partition coefficient (Wildman–Crippen LogP) is 6.42. The maximum absolute atomic E-state index is 12.2. The first-order valence-corrected chi connectivity index (χ1v) is 10.9. The van der Waals surface area contributed by atoms with Gasteiger partial charge in [-0.25, -0.2) is 4.98 Å². The molecule has 0 saturated heterocycles. The number of unbranched alkanes of at least 4 members (excludes halogenated alkanes) is 1. The van der Waals surface area contributed by atoms with E-state index in [1.807, 2.05) is 42.5 Å². The van der Waals surface area contributed by atoms with Crippen LogP contribution in [-0.2, 0) is 11.4 Å². The van der Waals surface area contributed by atoms with Gasteiger partial charge in [0.25, 0.3) is 0 Å². The zero-order chi connectivity index (χ0) is 19.2. The van der Waals surface area contributed by atoms with E-state index in [-0.39, 0.29) is 10.7 Å². The number of carbonyl (C=O) groups excluding carboxylic acids is 1. The van der Waals surface area contributed by atoms with Crippen molar-refractivity contribution in [3.05, 3.63) is 53.1 Å². The third-order valence-electron chi connectivity index (χ3n) is 4.00. The van der Waals surface area contributed by atoms with Crippen LogP contribution in [0.3, 0.4) is 0 Å². The van der Waals surface area contributed by atoms with E-state index >= 15 is 0 Å². The Labute approximate surface area is 176 Å². The molecule has 0 bridgehead atoms. The number of hydrogen-bond donors (Lipinski definition) is 1. The summed E-state index contributed by atoms with van der Waals surface area (Å²) in [5, 5.41) is 4.20. The first-order chi connectivity index (χ1) is 13.0. The second-order valence-electron chi connectivity index (χ2n) is 6.16. The Morgan fingerprint density at radius 1 is 1.30 bits per heavy atom. The number of carbonyl (C=O) groups is 1. The third kappa shape index (κ3) is 5.67. The molecule has 0 aliphatic carbocycles. The number of nitrogens with one attached hydrogen (secondary N) is 1. The Balaban J connectivity index is 1.63. The van der Waals surface area contributed by atoms with Crippen molar-refractivity contribution in [1.29, 1.82) is 0 Å². The number of aromatic nitrogens is 1. The number of alkyl halides is 1. The maximum atomic E-state index is 12.2. The Morgan fingerprint density at radius 2 is 2.07 bits per heavy atom. The van der Waals surface area contributed by atoms with Gasteiger partial charge in [-0.1, -0.05) is 70.8 Å². The van der Waals surface area contributed by atoms with Crippen LogP contribution in [0.25, 0.3) is 10.2 Å². The summed E-state index contributed by atoms with van der Waals surface area (Å²) in [4.78, 5) is 16.5. The number of fused-ring (bicyclic) bond motifs is 1. The number of halogens is 2. The lowest BCUT2D eigenvalue weighted by molar-refractivity contribution is -0.115. The molecule has 3 aromatic rings. The summed E-state index contributed by atoms with van der Waals surface area (Å²) in [7, 11) is 0. The van der Waals surface area contributed by atoms with Crippen LogP contribution in [0.4, 0.5) is 5.13 Å². The topological polar surface area (TPSA) is 51.2 Å². The third-order valence-corrected chi connectivity index (χ3v) is 6.06. The number of ether oxygens (including phenoxy) is 1. The maximum Gasteiger partial charge on any atom is 0.239 e. The van der Waals surface area contributed by atoms with Gasteiger partial charge in [0.05, 0.1) is 15.0 Å². The number of hydrogen-bond acceptors (Lipinski definition) is 4. The van der Waals surface area contributed by atoms with Crippen LogP contribution in [0.15, 0.2) is 42.5 Å². The highest BCUT2D eigenvalue weighted by molar-refractivity contribution is 9.10. The van der Waals surface area contributed by atoms with Crippen molar-refractivity contribution in [2.75, 3.05) is 5.32 Å². The number of amides is 1. The van der Waals surface area contributed by atoms with Crippen molar-refractivity contribution in [1.82, 2.24) is 4.98 Å². The fourth-order valence-corrected chi connectivity index (χ4v) is 3.96. The van der Waals surface area contributed by atoms with Crippen molar-refractivity contribution in [3.63, 3.8) is 0 Å². The van der Waals surface area contributed by atoms with Gasteiger partial charge < -0.3 is 10.1 Å². The lowest BCUT2D eigenvalue weighted by Crippen LogP contribution is -2.22. The number of benzene rings is 2. The van der Waals surface area contributed by atoms with Crippen LogP contribution < -0.4 is 10.1 Å². The molecular weight excluding hydrogens is 448 g/mol. The van der Waals surface area contributed by atoms with Gasteiger partial charge >= 0.3 is 0 Å². The monoisotopic (exact) mass is 466 g/mol. The van der Waals surface area contributed by atoms with E-state index in [1.165, 1.54) is 11.3 Å². The van der Waals surface area contributed by atoms with Gasteiger partial charge in [0.1, 0.15) is 12.4 Å². The second-order valence-corrected chi connectivity index (χ2v) is 8.74. The normalized spacial score (nSPS) is 12.1. The summed E-state index contributed by atoms with van der Waals surface area (Å²) < 4.78 is 6.82. The molecular formula is C20H20BrClN2O2S. The summed E-state index contributed by atoms with van der Waals surface area (Å²) >= 11 is 10.8. The van der Waals surface area contributed by atoms with E-state index in [9.17, 15) is 4.79 Å². The molecule has 0 aliphatic heterocycles. The highest BCUT2D eigenvalue weighted by Gasteiger charge is 2.16. The summed E-state index contributed by atoms with van der Waals surface area (Å²) in [5.41, 5.74) is 1.89. The van der Waals surface area contributed by atoms with Crippen molar-refractivity contribution < 1.29 is 9.53 Å². The minimum absolute atomic E-state index is 0.0540. The van der Waals surface area contributed by atoms with Crippen LogP contribution in [-0.4, -0.2) is 15.7 Å². The molecule has 2 aromatic carbocycles. The predicted molar refractivity (Wildman–Crippen MR) is 116 cm³/mol. The molecule has 27 heavy (non-hydrogen) atoms. The van der Waals surface area contributed by atoms with Gasteiger partial charge in [-0.2, -0.15) is 0 Å². The summed E-state index contributed by atoms with van der Waals surface area (Å²) in [5.74, 6) is 0.710. The first-order valence-electron chi connectivity index (χ1n) is 8.78. The number of rotatable bonds is 8. The van der Waals surface area contributed by atoms with Crippen molar-refractivity contribution in [2.24, 2.45) is 0 Å². The molecule has 1 atom stereocenters. The molecule has 4 nitrogen and oxygen atoms in total. The Bertz CT molecular complexity index is 914. The van der Waals surface area contributed by atoms with E-state index < -0.39 is 0 Å². The van der Waals surface area contributed by atoms with E-state index in [0.29, 0.717) is 16.8 Å². The number of anilines is 1. The summed E-state index contributed by atoms with van der Waals surface area (Å²) in [6.07, 6.45) is 2.89. The fraction of sp³-hybridized carbons (Fsp3) is 0.300. The molecule has 1 amide bonds. The summed E-state index contributed by atoms with van der Waals surface area (Å²) in [6, 6.07) is 13.3. The van der Waals surface area contributed by atoms with Crippen LogP contribution in [0.2, 0.25) is 5.02 Å². The van der Waals surface area contributed by atoms with Crippen LogP contribution >= 0.6 is 38.9 Å². The average Bonchev–Trinajstić information content (AvgIpc) is 3.07. The molecule has 0 fully saturated rings. The number of thiazole rings is 1. The van der Waals surface area contributed by atoms with Gasteiger partial charge in [0.2, 0.25) is 5.91 Å². The minimum atomic E-state index is -0.192. The molecule has 1 N–H and O–H groups in total. The molecule has 0 saturated carbocycles. The van der Waals surface area contributed by atoms with Crippen LogP contribution in [0.1, 0.15) is 31.7 Å². The molecule has 1 heterocycles. The Kier molecular flexibility index (Phi) is 7.10. The second kappa shape index (κ2) is 9.53. The van der Waals surface area contributed by atoms with Crippen molar-refractivity contribution in [2.45, 2.75) is 37.6 Å². The largest absolute Gasteiger partial charge is 0.489 e. The smallest absolute Gasteiger partial charge is 0.239 e. The molecule has 1 aromatic heterocycles. The molecule has 7 heteroatoms. The van der Waals surface area contributed by atoms with Gasteiger partial charge in [-0.15, -0.1) is 0 Å². The van der Waals surface area contributed by atoms with E-state index in [4.69, 9.17) is 16.3 Å². The quantitative estimate of drug-likeness (QED) is 0.389. The molecule has 0 radical (unpaired) electrons. The first kappa shape index (κ1) is 20.1. The minimum Gasteiger partial charge on any atom is -0.489 e. The SMILES string of the molecule is CCCCC(Br)C(=O)Nc1nc2ccc(OCc3ccc(Cl)cc3)cc2s1.